The van der Waals surface area contributed by atoms with Crippen LogP contribution in [0.1, 0.15) is 45.3 Å². The number of hydrogen-bond donors (Lipinski definition) is 1. The third-order valence-corrected chi connectivity index (χ3v) is 3.60. The Morgan fingerprint density at radius 3 is 2.14 bits per heavy atom. The molecule has 0 saturated carbocycles. The van der Waals surface area contributed by atoms with E-state index in [0.29, 0.717) is 0 Å². The van der Waals surface area contributed by atoms with E-state index in [1.165, 1.54) is 5.69 Å². The number of rotatable bonds is 2. The smallest absolute Gasteiger partial charge is 0.112 e. The highest BCUT2D eigenvalue weighted by molar-refractivity contribution is 7.09. The van der Waals surface area contributed by atoms with E-state index in [1.54, 1.807) is 11.3 Å². The molecule has 1 rings (SSSR count). The van der Waals surface area contributed by atoms with Crippen molar-refractivity contribution in [1.82, 2.24) is 10.3 Å². The Kier molecular flexibility index (Phi) is 3.02. The van der Waals surface area contributed by atoms with Gasteiger partial charge < -0.3 is 5.32 Å². The normalized spacial score (nSPS) is 13.3. The minimum absolute atomic E-state index is 0.0197. The van der Waals surface area contributed by atoms with Crippen LogP contribution in [0.3, 0.4) is 0 Å². The molecule has 0 fully saturated rings. The Balaban J connectivity index is 3.00. The molecule has 2 nitrogen and oxygen atoms in total. The summed E-state index contributed by atoms with van der Waals surface area (Å²) < 4.78 is 0. The van der Waals surface area contributed by atoms with Crippen LogP contribution in [0.25, 0.3) is 0 Å². The summed E-state index contributed by atoms with van der Waals surface area (Å²) >= 11 is 1.73. The molecular formula is C11H20N2S. The predicted octanol–water partition coefficient (Wildman–Crippen LogP) is 2.90. The Bertz CT molecular complexity index is 307. The second-order valence-corrected chi connectivity index (χ2v) is 6.02. The fraction of sp³-hybridized carbons (Fsp3) is 0.727. The zero-order chi connectivity index (χ0) is 11.0. The van der Waals surface area contributed by atoms with Gasteiger partial charge in [-0.3, -0.25) is 0 Å². The van der Waals surface area contributed by atoms with Crippen molar-refractivity contribution in [1.29, 1.82) is 0 Å². The summed E-state index contributed by atoms with van der Waals surface area (Å²) in [6.45, 7) is 10.9. The van der Waals surface area contributed by atoms with E-state index in [1.807, 2.05) is 7.05 Å². The maximum atomic E-state index is 4.68. The summed E-state index contributed by atoms with van der Waals surface area (Å²) in [6.07, 6.45) is 0. The van der Waals surface area contributed by atoms with E-state index in [9.17, 15) is 0 Å². The zero-order valence-electron chi connectivity index (χ0n) is 9.93. The molecule has 1 N–H and O–H groups in total. The molecule has 80 valence electrons. The number of hydrogen-bond acceptors (Lipinski definition) is 3. The molecule has 0 aliphatic heterocycles. The summed E-state index contributed by atoms with van der Waals surface area (Å²) in [7, 11) is 1.97. The summed E-state index contributed by atoms with van der Waals surface area (Å²) in [5.41, 5.74) is 1.31. The molecule has 0 saturated heterocycles. The first-order valence-electron chi connectivity index (χ1n) is 4.93. The lowest BCUT2D eigenvalue weighted by Gasteiger charge is -2.21. The van der Waals surface area contributed by atoms with Crippen molar-refractivity contribution < 1.29 is 0 Å². The van der Waals surface area contributed by atoms with Gasteiger partial charge in [0.2, 0.25) is 0 Å². The first-order chi connectivity index (χ1) is 6.27. The molecule has 0 spiro atoms. The molecule has 0 aliphatic carbocycles. The lowest BCUT2D eigenvalue weighted by molar-refractivity contribution is 0.438. The molecular weight excluding hydrogens is 192 g/mol. The van der Waals surface area contributed by atoms with Gasteiger partial charge in [0.15, 0.2) is 0 Å². The first-order valence-corrected chi connectivity index (χ1v) is 5.81. The molecule has 3 heteroatoms. The van der Waals surface area contributed by atoms with Crippen LogP contribution in [-0.4, -0.2) is 12.0 Å². The first kappa shape index (κ1) is 11.7. The number of nitrogens with one attached hydrogen (secondary N) is 1. The van der Waals surface area contributed by atoms with Crippen LogP contribution < -0.4 is 5.32 Å². The van der Waals surface area contributed by atoms with Crippen LogP contribution in [0.4, 0.5) is 0 Å². The van der Waals surface area contributed by atoms with Crippen LogP contribution in [0, 0.1) is 0 Å². The SMILES string of the molecule is CNC(C)(C)c1nc(C(C)(C)C)cs1. The Morgan fingerprint density at radius 1 is 1.21 bits per heavy atom. The van der Waals surface area contributed by atoms with Crippen molar-refractivity contribution >= 4 is 11.3 Å². The van der Waals surface area contributed by atoms with Crippen molar-refractivity contribution in [2.75, 3.05) is 7.05 Å². The lowest BCUT2D eigenvalue weighted by atomic mass is 9.93. The highest BCUT2D eigenvalue weighted by Gasteiger charge is 2.25. The van der Waals surface area contributed by atoms with Gasteiger partial charge in [-0.15, -0.1) is 11.3 Å². The fourth-order valence-electron chi connectivity index (χ4n) is 1.01. The van der Waals surface area contributed by atoms with Gasteiger partial charge in [-0.25, -0.2) is 4.98 Å². The Labute approximate surface area is 90.8 Å². The van der Waals surface area contributed by atoms with Gasteiger partial charge in [-0.1, -0.05) is 20.8 Å². The largest absolute Gasteiger partial charge is 0.309 e. The van der Waals surface area contributed by atoms with Gasteiger partial charge in [0.1, 0.15) is 5.01 Å². The van der Waals surface area contributed by atoms with Crippen molar-refractivity contribution in [3.63, 3.8) is 0 Å². The van der Waals surface area contributed by atoms with Gasteiger partial charge in [0, 0.05) is 10.8 Å². The van der Waals surface area contributed by atoms with E-state index < -0.39 is 0 Å². The third-order valence-electron chi connectivity index (χ3n) is 2.43. The lowest BCUT2D eigenvalue weighted by Crippen LogP contribution is -2.33. The zero-order valence-corrected chi connectivity index (χ0v) is 10.7. The minimum atomic E-state index is -0.0197. The molecule has 1 aromatic rings. The second kappa shape index (κ2) is 3.63. The number of thiazole rings is 1. The molecule has 1 heterocycles. The summed E-state index contributed by atoms with van der Waals surface area (Å²) in [6, 6.07) is 0. The molecule has 0 unspecified atom stereocenters. The van der Waals surface area contributed by atoms with Crippen molar-refractivity contribution in [2.45, 2.75) is 45.6 Å². The molecule has 0 aromatic carbocycles. The minimum Gasteiger partial charge on any atom is -0.309 e. The van der Waals surface area contributed by atoms with E-state index in [0.717, 1.165) is 5.01 Å². The maximum absolute atomic E-state index is 4.68. The Morgan fingerprint density at radius 2 is 1.79 bits per heavy atom. The van der Waals surface area contributed by atoms with E-state index in [2.05, 4.69) is 50.3 Å². The molecule has 14 heavy (non-hydrogen) atoms. The van der Waals surface area contributed by atoms with Gasteiger partial charge >= 0.3 is 0 Å². The monoisotopic (exact) mass is 212 g/mol. The van der Waals surface area contributed by atoms with Crippen LogP contribution in [0.15, 0.2) is 5.38 Å². The van der Waals surface area contributed by atoms with E-state index in [-0.39, 0.29) is 11.0 Å². The number of nitrogens with zero attached hydrogens (tertiary/aromatic N) is 1. The molecule has 1 aromatic heterocycles. The van der Waals surface area contributed by atoms with Crippen LogP contribution in [0.2, 0.25) is 0 Å². The topological polar surface area (TPSA) is 24.9 Å². The van der Waals surface area contributed by atoms with Crippen LogP contribution in [0.5, 0.6) is 0 Å². The van der Waals surface area contributed by atoms with Gasteiger partial charge in [-0.2, -0.15) is 0 Å². The van der Waals surface area contributed by atoms with E-state index >= 15 is 0 Å². The van der Waals surface area contributed by atoms with Crippen molar-refractivity contribution in [3.8, 4) is 0 Å². The van der Waals surface area contributed by atoms with Gasteiger partial charge in [0.25, 0.3) is 0 Å². The Hall–Kier alpha value is -0.410. The van der Waals surface area contributed by atoms with Crippen molar-refractivity contribution in [2.24, 2.45) is 0 Å². The molecule has 0 amide bonds. The standard InChI is InChI=1S/C11H20N2S/c1-10(2,3)8-7-14-9(13-8)11(4,5)12-6/h7,12H,1-6H3. The van der Waals surface area contributed by atoms with Crippen molar-refractivity contribution in [3.05, 3.63) is 16.1 Å². The number of aromatic nitrogens is 1. The second-order valence-electron chi connectivity index (χ2n) is 5.16. The third kappa shape index (κ3) is 2.34. The average Bonchev–Trinajstić information content (AvgIpc) is 2.51. The summed E-state index contributed by atoms with van der Waals surface area (Å²) in [5.74, 6) is 0. The van der Waals surface area contributed by atoms with E-state index in [4.69, 9.17) is 0 Å². The molecule has 0 aliphatic rings. The van der Waals surface area contributed by atoms with Crippen LogP contribution >= 0.6 is 11.3 Å². The predicted molar refractivity (Wildman–Crippen MR) is 62.9 cm³/mol. The fourth-order valence-corrected chi connectivity index (χ4v) is 2.19. The molecule has 0 bridgehead atoms. The van der Waals surface area contributed by atoms with Gasteiger partial charge in [0.05, 0.1) is 11.2 Å². The molecule has 0 radical (unpaired) electrons. The maximum Gasteiger partial charge on any atom is 0.112 e. The summed E-state index contributed by atoms with van der Waals surface area (Å²) in [5, 5.41) is 6.59. The highest BCUT2D eigenvalue weighted by atomic mass is 32.1. The quantitative estimate of drug-likeness (QED) is 0.815. The van der Waals surface area contributed by atoms with Crippen LogP contribution in [-0.2, 0) is 11.0 Å². The van der Waals surface area contributed by atoms with Gasteiger partial charge in [-0.05, 0) is 20.9 Å². The molecule has 0 atom stereocenters. The average molecular weight is 212 g/mol. The summed E-state index contributed by atoms with van der Waals surface area (Å²) in [4.78, 5) is 4.68. The highest BCUT2D eigenvalue weighted by Crippen LogP contribution is 2.29.